The summed E-state index contributed by atoms with van der Waals surface area (Å²) in [5.74, 6) is 2.20. The molecular formula is C15H21NO3. The van der Waals surface area contributed by atoms with Crippen LogP contribution in [0.25, 0.3) is 0 Å². The molecule has 0 N–H and O–H groups in total. The molecule has 1 unspecified atom stereocenters. The van der Waals surface area contributed by atoms with Crippen LogP contribution in [0, 0.1) is 5.92 Å². The molecule has 1 aliphatic heterocycles. The largest absolute Gasteiger partial charge is 0.497 e. The van der Waals surface area contributed by atoms with Gasteiger partial charge in [0.25, 0.3) is 0 Å². The highest BCUT2D eigenvalue weighted by Crippen LogP contribution is 2.22. The zero-order valence-corrected chi connectivity index (χ0v) is 11.6. The van der Waals surface area contributed by atoms with Crippen molar-refractivity contribution in [3.63, 3.8) is 0 Å². The molecule has 1 aliphatic rings. The molecular weight excluding hydrogens is 242 g/mol. The van der Waals surface area contributed by atoms with E-state index in [0.29, 0.717) is 12.5 Å². The van der Waals surface area contributed by atoms with Gasteiger partial charge in [-0.15, -0.1) is 0 Å². The number of hydrogen-bond donors (Lipinski definition) is 0. The summed E-state index contributed by atoms with van der Waals surface area (Å²) in [6.07, 6.45) is 2.18. The highest BCUT2D eigenvalue weighted by molar-refractivity contribution is 5.73. The molecule has 104 valence electrons. The van der Waals surface area contributed by atoms with Gasteiger partial charge in [0.05, 0.1) is 13.7 Å². The third kappa shape index (κ3) is 3.88. The van der Waals surface area contributed by atoms with Crippen molar-refractivity contribution in [1.82, 2.24) is 4.90 Å². The summed E-state index contributed by atoms with van der Waals surface area (Å²) in [5.41, 5.74) is 0. The number of rotatable bonds is 4. The smallest absolute Gasteiger partial charge is 0.219 e. The number of carbonyl (C=O) groups is 1. The molecule has 0 spiro atoms. The van der Waals surface area contributed by atoms with E-state index in [1.165, 1.54) is 0 Å². The lowest BCUT2D eigenvalue weighted by atomic mass is 9.99. The summed E-state index contributed by atoms with van der Waals surface area (Å²) in [6, 6.07) is 7.61. The van der Waals surface area contributed by atoms with Crippen LogP contribution >= 0.6 is 0 Å². The number of nitrogens with zero attached hydrogens (tertiary/aromatic N) is 1. The Balaban J connectivity index is 1.86. The van der Waals surface area contributed by atoms with E-state index in [4.69, 9.17) is 9.47 Å². The summed E-state index contributed by atoms with van der Waals surface area (Å²) in [7, 11) is 1.64. The van der Waals surface area contributed by atoms with Crippen LogP contribution in [-0.2, 0) is 4.79 Å². The van der Waals surface area contributed by atoms with Crippen molar-refractivity contribution in [3.05, 3.63) is 24.3 Å². The predicted octanol–water partition coefficient (Wildman–Crippen LogP) is 2.33. The van der Waals surface area contributed by atoms with Gasteiger partial charge in [-0.25, -0.2) is 0 Å². The van der Waals surface area contributed by atoms with Gasteiger partial charge < -0.3 is 14.4 Å². The lowest BCUT2D eigenvalue weighted by Crippen LogP contribution is -2.40. The van der Waals surface area contributed by atoms with Crippen LogP contribution in [0.4, 0.5) is 0 Å². The lowest BCUT2D eigenvalue weighted by Gasteiger charge is -2.31. The Kier molecular flexibility index (Phi) is 4.66. The molecule has 1 heterocycles. The molecule has 0 aliphatic carbocycles. The van der Waals surface area contributed by atoms with Gasteiger partial charge in [0.15, 0.2) is 0 Å². The highest BCUT2D eigenvalue weighted by Gasteiger charge is 2.21. The fourth-order valence-electron chi connectivity index (χ4n) is 2.39. The molecule has 4 heteroatoms. The van der Waals surface area contributed by atoms with Crippen molar-refractivity contribution in [1.29, 1.82) is 0 Å². The number of likely N-dealkylation sites (tertiary alicyclic amines) is 1. The van der Waals surface area contributed by atoms with E-state index in [-0.39, 0.29) is 5.91 Å². The second-order valence-corrected chi connectivity index (χ2v) is 4.96. The number of ether oxygens (including phenoxy) is 2. The molecule has 1 aromatic carbocycles. The van der Waals surface area contributed by atoms with Gasteiger partial charge in [-0.3, -0.25) is 4.79 Å². The zero-order chi connectivity index (χ0) is 13.7. The van der Waals surface area contributed by atoms with Crippen molar-refractivity contribution >= 4 is 5.91 Å². The highest BCUT2D eigenvalue weighted by atomic mass is 16.5. The number of methoxy groups -OCH3 is 1. The van der Waals surface area contributed by atoms with Gasteiger partial charge in [-0.2, -0.15) is 0 Å². The molecule has 4 nitrogen and oxygen atoms in total. The maximum absolute atomic E-state index is 11.4. The predicted molar refractivity (Wildman–Crippen MR) is 73.5 cm³/mol. The van der Waals surface area contributed by atoms with E-state index in [2.05, 4.69) is 0 Å². The maximum atomic E-state index is 11.4. The van der Waals surface area contributed by atoms with Crippen LogP contribution in [-0.4, -0.2) is 37.6 Å². The van der Waals surface area contributed by atoms with Gasteiger partial charge >= 0.3 is 0 Å². The quantitative estimate of drug-likeness (QED) is 0.837. The number of amides is 1. The average molecular weight is 263 g/mol. The summed E-state index contributed by atoms with van der Waals surface area (Å²) in [6.45, 7) is 3.96. The first-order chi connectivity index (χ1) is 9.19. The van der Waals surface area contributed by atoms with Crippen molar-refractivity contribution in [2.75, 3.05) is 26.8 Å². The van der Waals surface area contributed by atoms with Gasteiger partial charge in [-0.05, 0) is 25.0 Å². The Labute approximate surface area is 114 Å². The van der Waals surface area contributed by atoms with E-state index in [9.17, 15) is 4.79 Å². The Morgan fingerprint density at radius 3 is 2.95 bits per heavy atom. The summed E-state index contributed by atoms with van der Waals surface area (Å²) in [4.78, 5) is 13.3. The number of hydrogen-bond acceptors (Lipinski definition) is 3. The normalized spacial score (nSPS) is 19.1. The van der Waals surface area contributed by atoms with Gasteiger partial charge in [-0.1, -0.05) is 6.07 Å². The third-order valence-corrected chi connectivity index (χ3v) is 3.49. The second kappa shape index (κ2) is 6.45. The molecule has 1 atom stereocenters. The van der Waals surface area contributed by atoms with Gasteiger partial charge in [0.2, 0.25) is 5.91 Å². The zero-order valence-electron chi connectivity index (χ0n) is 11.6. The van der Waals surface area contributed by atoms with Crippen molar-refractivity contribution < 1.29 is 14.3 Å². The molecule has 1 fully saturated rings. The molecule has 0 bridgehead atoms. The molecule has 2 rings (SSSR count). The van der Waals surface area contributed by atoms with Crippen LogP contribution < -0.4 is 9.47 Å². The molecule has 19 heavy (non-hydrogen) atoms. The van der Waals surface area contributed by atoms with Crippen molar-refractivity contribution in [2.45, 2.75) is 19.8 Å². The molecule has 1 saturated heterocycles. The van der Waals surface area contributed by atoms with Crippen molar-refractivity contribution in [2.24, 2.45) is 5.92 Å². The van der Waals surface area contributed by atoms with E-state index in [1.807, 2.05) is 29.2 Å². The van der Waals surface area contributed by atoms with Crippen LogP contribution in [0.1, 0.15) is 19.8 Å². The number of benzene rings is 1. The SMILES string of the molecule is COc1cccc(OCC2CCCN(C(C)=O)C2)c1. The third-order valence-electron chi connectivity index (χ3n) is 3.49. The average Bonchev–Trinajstić information content (AvgIpc) is 2.45. The van der Waals surface area contributed by atoms with E-state index < -0.39 is 0 Å². The Morgan fingerprint density at radius 2 is 2.21 bits per heavy atom. The fraction of sp³-hybridized carbons (Fsp3) is 0.533. The summed E-state index contributed by atoms with van der Waals surface area (Å²) < 4.78 is 11.0. The van der Waals surface area contributed by atoms with Gasteiger partial charge in [0.1, 0.15) is 11.5 Å². The van der Waals surface area contributed by atoms with Crippen molar-refractivity contribution in [3.8, 4) is 11.5 Å². The first-order valence-corrected chi connectivity index (χ1v) is 6.71. The Bertz CT molecular complexity index is 433. The topological polar surface area (TPSA) is 38.8 Å². The first-order valence-electron chi connectivity index (χ1n) is 6.71. The maximum Gasteiger partial charge on any atom is 0.219 e. The van der Waals surface area contributed by atoms with Crippen LogP contribution in [0.15, 0.2) is 24.3 Å². The summed E-state index contributed by atoms with van der Waals surface area (Å²) >= 11 is 0. The molecule has 1 amide bonds. The summed E-state index contributed by atoms with van der Waals surface area (Å²) in [5, 5.41) is 0. The van der Waals surface area contributed by atoms with E-state index >= 15 is 0 Å². The number of piperidine rings is 1. The molecule has 1 aromatic rings. The minimum atomic E-state index is 0.158. The first kappa shape index (κ1) is 13.7. The Morgan fingerprint density at radius 1 is 1.42 bits per heavy atom. The fourth-order valence-corrected chi connectivity index (χ4v) is 2.39. The molecule has 0 saturated carbocycles. The van der Waals surface area contributed by atoms with Crippen LogP contribution in [0.3, 0.4) is 0 Å². The lowest BCUT2D eigenvalue weighted by molar-refractivity contribution is -0.130. The minimum Gasteiger partial charge on any atom is -0.497 e. The van der Waals surface area contributed by atoms with E-state index in [0.717, 1.165) is 37.4 Å². The molecule has 0 aromatic heterocycles. The monoisotopic (exact) mass is 263 g/mol. The second-order valence-electron chi connectivity index (χ2n) is 4.96. The Hall–Kier alpha value is -1.71. The number of carbonyl (C=O) groups excluding carboxylic acids is 1. The standard InChI is InChI=1S/C15H21NO3/c1-12(17)16-8-4-5-13(10-16)11-19-15-7-3-6-14(9-15)18-2/h3,6-7,9,13H,4-5,8,10-11H2,1-2H3. The van der Waals surface area contributed by atoms with Gasteiger partial charge in [0, 0.05) is 32.0 Å². The van der Waals surface area contributed by atoms with Crippen LogP contribution in [0.5, 0.6) is 11.5 Å². The van der Waals surface area contributed by atoms with E-state index in [1.54, 1.807) is 14.0 Å². The molecule has 0 radical (unpaired) electrons. The minimum absolute atomic E-state index is 0.158. The van der Waals surface area contributed by atoms with Crippen LogP contribution in [0.2, 0.25) is 0 Å².